The first-order valence-corrected chi connectivity index (χ1v) is 7.05. The third kappa shape index (κ3) is 3.28. The molecule has 5 nitrogen and oxygen atoms in total. The van der Waals surface area contributed by atoms with Crippen molar-refractivity contribution in [1.29, 1.82) is 0 Å². The third-order valence-corrected chi connectivity index (χ3v) is 3.99. The Balaban J connectivity index is 2.25. The Morgan fingerprint density at radius 1 is 1.63 bits per heavy atom. The van der Waals surface area contributed by atoms with Crippen LogP contribution in [0.3, 0.4) is 0 Å². The molecular formula is C13H15BrN4O. The minimum atomic E-state index is -0.578. The molecule has 1 aliphatic rings. The van der Waals surface area contributed by atoms with Crippen LogP contribution in [-0.4, -0.2) is 10.5 Å². The number of azide groups is 1. The van der Waals surface area contributed by atoms with Crippen molar-refractivity contribution in [2.75, 3.05) is 0 Å². The van der Waals surface area contributed by atoms with Crippen LogP contribution < -0.4 is 0 Å². The van der Waals surface area contributed by atoms with Crippen molar-refractivity contribution in [3.05, 3.63) is 38.9 Å². The van der Waals surface area contributed by atoms with Gasteiger partial charge in [0.1, 0.15) is 0 Å². The standard InChI is InChI=1S/C13H15BrN4O/c1-9-3-2-4-12(9)18-8-10(14)7-11(18)5-6-13(19)16-17-15/h5-9,12H,2-4H2,1H3/b6-5+/t9-,12+/m0/s1. The van der Waals surface area contributed by atoms with Crippen molar-refractivity contribution in [1.82, 2.24) is 4.57 Å². The van der Waals surface area contributed by atoms with Crippen molar-refractivity contribution in [3.8, 4) is 0 Å². The van der Waals surface area contributed by atoms with E-state index in [0.717, 1.165) is 16.6 Å². The fraction of sp³-hybridized carbons (Fsp3) is 0.462. The largest absolute Gasteiger partial charge is 0.343 e. The molecule has 1 fully saturated rings. The molecule has 2 rings (SSSR count). The summed E-state index contributed by atoms with van der Waals surface area (Å²) in [6.07, 6.45) is 8.69. The van der Waals surface area contributed by atoms with Gasteiger partial charge >= 0.3 is 0 Å². The Hall–Kier alpha value is -1.52. The molecule has 0 aliphatic heterocycles. The second-order valence-electron chi connectivity index (χ2n) is 4.83. The molecule has 1 heterocycles. The first-order chi connectivity index (χ1) is 9.11. The van der Waals surface area contributed by atoms with Crippen molar-refractivity contribution in [3.63, 3.8) is 0 Å². The molecule has 0 saturated heterocycles. The molecule has 0 spiro atoms. The summed E-state index contributed by atoms with van der Waals surface area (Å²) in [5.74, 6) is 0.0603. The molecule has 0 N–H and O–H groups in total. The lowest BCUT2D eigenvalue weighted by Gasteiger charge is -2.19. The van der Waals surface area contributed by atoms with Crippen LogP contribution >= 0.6 is 15.9 Å². The van der Waals surface area contributed by atoms with Crippen LogP contribution in [0.15, 0.2) is 27.9 Å². The molecule has 0 aromatic carbocycles. The van der Waals surface area contributed by atoms with Crippen LogP contribution in [0, 0.1) is 5.92 Å². The number of aromatic nitrogens is 1. The molecule has 1 aliphatic carbocycles. The van der Waals surface area contributed by atoms with Crippen molar-refractivity contribution in [2.24, 2.45) is 11.0 Å². The van der Waals surface area contributed by atoms with Crippen LogP contribution in [-0.2, 0) is 4.79 Å². The fourth-order valence-electron chi connectivity index (χ4n) is 2.66. The number of hydrogen-bond acceptors (Lipinski definition) is 1. The lowest BCUT2D eigenvalue weighted by atomic mass is 10.1. The van der Waals surface area contributed by atoms with Gasteiger partial charge in [0.15, 0.2) is 0 Å². The van der Waals surface area contributed by atoms with Gasteiger partial charge < -0.3 is 4.57 Å². The number of amides is 1. The molecule has 1 amide bonds. The fourth-order valence-corrected chi connectivity index (χ4v) is 3.11. The van der Waals surface area contributed by atoms with Gasteiger partial charge in [-0.15, -0.1) is 0 Å². The van der Waals surface area contributed by atoms with E-state index in [0.29, 0.717) is 12.0 Å². The van der Waals surface area contributed by atoms with Gasteiger partial charge in [-0.3, -0.25) is 4.79 Å². The molecule has 100 valence electrons. The van der Waals surface area contributed by atoms with E-state index in [1.807, 2.05) is 12.3 Å². The molecule has 0 unspecified atom stereocenters. The summed E-state index contributed by atoms with van der Waals surface area (Å²) >= 11 is 3.47. The Morgan fingerprint density at radius 2 is 2.42 bits per heavy atom. The Bertz CT molecular complexity index is 557. The molecular weight excluding hydrogens is 308 g/mol. The Kier molecular flexibility index (Phi) is 4.45. The van der Waals surface area contributed by atoms with E-state index in [1.54, 1.807) is 6.08 Å². The number of hydrogen-bond donors (Lipinski definition) is 0. The van der Waals surface area contributed by atoms with Crippen LogP contribution in [0.2, 0.25) is 0 Å². The summed E-state index contributed by atoms with van der Waals surface area (Å²) in [5.41, 5.74) is 9.14. The summed E-state index contributed by atoms with van der Waals surface area (Å²) in [4.78, 5) is 13.7. The Labute approximate surface area is 120 Å². The van der Waals surface area contributed by atoms with E-state index in [4.69, 9.17) is 5.53 Å². The minimum Gasteiger partial charge on any atom is -0.343 e. The first kappa shape index (κ1) is 13.9. The predicted octanol–water partition coefficient (Wildman–Crippen LogP) is 4.46. The van der Waals surface area contributed by atoms with Crippen LogP contribution in [0.25, 0.3) is 16.5 Å². The predicted molar refractivity (Wildman–Crippen MR) is 77.4 cm³/mol. The highest BCUT2D eigenvalue weighted by molar-refractivity contribution is 9.10. The van der Waals surface area contributed by atoms with E-state index >= 15 is 0 Å². The molecule has 0 radical (unpaired) electrons. The van der Waals surface area contributed by atoms with E-state index in [1.165, 1.54) is 18.9 Å². The van der Waals surface area contributed by atoms with Gasteiger partial charge in [0.25, 0.3) is 0 Å². The Morgan fingerprint density at radius 3 is 3.05 bits per heavy atom. The van der Waals surface area contributed by atoms with Gasteiger partial charge in [-0.2, -0.15) is 0 Å². The lowest BCUT2D eigenvalue weighted by Crippen LogP contribution is -2.11. The maximum absolute atomic E-state index is 11.2. The van der Waals surface area contributed by atoms with E-state index in [-0.39, 0.29) is 0 Å². The monoisotopic (exact) mass is 322 g/mol. The number of halogens is 1. The normalized spacial score (nSPS) is 22.6. The summed E-state index contributed by atoms with van der Waals surface area (Å²) in [7, 11) is 0. The van der Waals surface area contributed by atoms with Gasteiger partial charge in [-0.05, 0) is 63.6 Å². The maximum atomic E-state index is 11.2. The number of rotatable bonds is 3. The highest BCUT2D eigenvalue weighted by atomic mass is 79.9. The summed E-state index contributed by atoms with van der Waals surface area (Å²) < 4.78 is 3.18. The maximum Gasteiger partial charge on any atom is 0.242 e. The average molecular weight is 323 g/mol. The number of carbonyl (C=O) groups excluding carboxylic acids is 1. The van der Waals surface area contributed by atoms with Crippen molar-refractivity contribution < 1.29 is 4.79 Å². The van der Waals surface area contributed by atoms with Crippen LogP contribution in [0.1, 0.15) is 37.9 Å². The summed E-state index contributed by atoms with van der Waals surface area (Å²) in [5, 5.41) is 3.02. The average Bonchev–Trinajstić information content (AvgIpc) is 2.93. The zero-order valence-electron chi connectivity index (χ0n) is 10.7. The van der Waals surface area contributed by atoms with Gasteiger partial charge in [-0.25, -0.2) is 0 Å². The zero-order valence-corrected chi connectivity index (χ0v) is 12.2. The molecule has 0 bridgehead atoms. The summed E-state index contributed by atoms with van der Waals surface area (Å²) in [6.45, 7) is 2.25. The smallest absolute Gasteiger partial charge is 0.242 e. The number of carbonyl (C=O) groups is 1. The van der Waals surface area contributed by atoms with Gasteiger partial charge in [-0.1, -0.05) is 13.3 Å². The minimum absolute atomic E-state index is 0.473. The SMILES string of the molecule is C[C@H]1CCC[C@H]1n1cc(Br)cc1/C=C/C(=O)N=[N+]=[N-]. The van der Waals surface area contributed by atoms with Gasteiger partial charge in [0.05, 0.1) is 0 Å². The van der Waals surface area contributed by atoms with Crippen LogP contribution in [0.5, 0.6) is 0 Å². The van der Waals surface area contributed by atoms with E-state index < -0.39 is 5.91 Å². The molecule has 1 aromatic heterocycles. The second-order valence-corrected chi connectivity index (χ2v) is 5.74. The first-order valence-electron chi connectivity index (χ1n) is 6.26. The van der Waals surface area contributed by atoms with E-state index in [9.17, 15) is 4.79 Å². The van der Waals surface area contributed by atoms with Crippen molar-refractivity contribution in [2.45, 2.75) is 32.2 Å². The molecule has 6 heteroatoms. The molecule has 1 aromatic rings. The number of nitrogens with zero attached hydrogens (tertiary/aromatic N) is 4. The second kappa shape index (κ2) is 6.08. The van der Waals surface area contributed by atoms with Crippen molar-refractivity contribution >= 4 is 27.9 Å². The third-order valence-electron chi connectivity index (χ3n) is 3.56. The quantitative estimate of drug-likeness (QED) is 0.350. The molecule has 19 heavy (non-hydrogen) atoms. The summed E-state index contributed by atoms with van der Waals surface area (Å²) in [6, 6.07) is 2.44. The topological polar surface area (TPSA) is 70.8 Å². The lowest BCUT2D eigenvalue weighted by molar-refractivity contribution is -0.113. The molecule has 2 atom stereocenters. The zero-order chi connectivity index (χ0) is 13.8. The van der Waals surface area contributed by atoms with Crippen LogP contribution in [0.4, 0.5) is 0 Å². The molecule has 1 saturated carbocycles. The van der Waals surface area contributed by atoms with E-state index in [2.05, 4.69) is 37.4 Å². The van der Waals surface area contributed by atoms with Gasteiger partial charge in [0.2, 0.25) is 5.91 Å². The highest BCUT2D eigenvalue weighted by Crippen LogP contribution is 2.37. The highest BCUT2D eigenvalue weighted by Gasteiger charge is 2.25. The van der Waals surface area contributed by atoms with Gasteiger partial charge in [0, 0.05) is 27.3 Å².